The van der Waals surface area contributed by atoms with Gasteiger partial charge in [0.2, 0.25) is 0 Å². The lowest BCUT2D eigenvalue weighted by Crippen LogP contribution is -2.22. The van der Waals surface area contributed by atoms with E-state index in [1.54, 1.807) is 17.2 Å². The summed E-state index contributed by atoms with van der Waals surface area (Å²) in [6.07, 6.45) is 3.34. The predicted molar refractivity (Wildman–Crippen MR) is 63.3 cm³/mol. The quantitative estimate of drug-likeness (QED) is 0.713. The molecule has 2 rings (SSSR count). The molecular weight excluding hydrogens is 204 g/mol. The van der Waals surface area contributed by atoms with E-state index in [4.69, 9.17) is 0 Å². The normalized spacial score (nSPS) is 10.9. The molecule has 0 aliphatic carbocycles. The molecule has 0 aliphatic rings. The van der Waals surface area contributed by atoms with Crippen LogP contribution in [-0.4, -0.2) is 39.4 Å². The third kappa shape index (κ3) is 2.11. The van der Waals surface area contributed by atoms with E-state index in [0.717, 1.165) is 36.5 Å². The fraction of sp³-hybridized carbons (Fsp3) is 0.500. The molecule has 0 fully saturated rings. The topological polar surface area (TPSA) is 67.7 Å². The van der Waals surface area contributed by atoms with Gasteiger partial charge in [-0.05, 0) is 6.54 Å². The fourth-order valence-corrected chi connectivity index (χ4v) is 1.55. The first-order valence-corrected chi connectivity index (χ1v) is 5.40. The first kappa shape index (κ1) is 10.8. The van der Waals surface area contributed by atoms with Gasteiger partial charge in [-0.15, -0.1) is 0 Å². The molecule has 2 aromatic rings. The maximum Gasteiger partial charge on any atom is 0.163 e. The van der Waals surface area contributed by atoms with E-state index in [0.29, 0.717) is 0 Å². The summed E-state index contributed by atoms with van der Waals surface area (Å²) in [4.78, 5) is 8.39. The van der Waals surface area contributed by atoms with Crippen LogP contribution in [0.25, 0.3) is 11.0 Å². The zero-order valence-corrected chi connectivity index (χ0v) is 9.56. The van der Waals surface area contributed by atoms with Crippen LogP contribution in [0.5, 0.6) is 0 Å². The highest BCUT2D eigenvalue weighted by Crippen LogP contribution is 2.16. The summed E-state index contributed by atoms with van der Waals surface area (Å²) in [6.45, 7) is 4.83. The van der Waals surface area contributed by atoms with Crippen LogP contribution in [0.3, 0.4) is 0 Å². The number of aromatic nitrogens is 4. The Labute approximate surface area is 94.1 Å². The van der Waals surface area contributed by atoms with Crippen molar-refractivity contribution in [2.24, 2.45) is 7.05 Å². The number of hydrogen-bond donors (Lipinski definition) is 2. The molecule has 0 unspecified atom stereocenters. The minimum absolute atomic E-state index is 0.842. The van der Waals surface area contributed by atoms with Crippen LogP contribution < -0.4 is 10.6 Å². The van der Waals surface area contributed by atoms with Gasteiger partial charge in [-0.3, -0.25) is 4.68 Å². The highest BCUT2D eigenvalue weighted by molar-refractivity contribution is 5.85. The van der Waals surface area contributed by atoms with E-state index in [-0.39, 0.29) is 0 Å². The second-order valence-corrected chi connectivity index (χ2v) is 3.51. The summed E-state index contributed by atoms with van der Waals surface area (Å²) in [5.74, 6) is 0.844. The van der Waals surface area contributed by atoms with Crippen molar-refractivity contribution in [3.8, 4) is 0 Å². The molecule has 2 N–H and O–H groups in total. The number of nitrogens with one attached hydrogen (secondary N) is 2. The van der Waals surface area contributed by atoms with E-state index in [2.05, 4.69) is 32.6 Å². The van der Waals surface area contributed by atoms with Gasteiger partial charge in [0.1, 0.15) is 12.1 Å². The molecule has 6 heteroatoms. The molecule has 0 spiro atoms. The minimum Gasteiger partial charge on any atom is -0.368 e. The van der Waals surface area contributed by atoms with Gasteiger partial charge in [-0.25, -0.2) is 9.97 Å². The Kier molecular flexibility index (Phi) is 3.31. The van der Waals surface area contributed by atoms with E-state index in [9.17, 15) is 0 Å². The Hall–Kier alpha value is -1.69. The van der Waals surface area contributed by atoms with Gasteiger partial charge in [0.15, 0.2) is 5.65 Å². The summed E-state index contributed by atoms with van der Waals surface area (Å²) in [5.41, 5.74) is 0.848. The van der Waals surface area contributed by atoms with Crippen molar-refractivity contribution in [3.05, 3.63) is 12.5 Å². The molecule has 2 aromatic heterocycles. The minimum atomic E-state index is 0.842. The number of nitrogens with zero attached hydrogens (tertiary/aromatic N) is 4. The van der Waals surface area contributed by atoms with Crippen molar-refractivity contribution >= 4 is 16.9 Å². The first-order valence-electron chi connectivity index (χ1n) is 5.40. The predicted octanol–water partition coefficient (Wildman–Crippen LogP) is 0.385. The second kappa shape index (κ2) is 4.89. The third-order valence-corrected chi connectivity index (χ3v) is 2.37. The lowest BCUT2D eigenvalue weighted by atomic mass is 10.4. The molecule has 86 valence electrons. The molecule has 0 atom stereocenters. The zero-order chi connectivity index (χ0) is 11.4. The number of hydrogen-bond acceptors (Lipinski definition) is 5. The molecule has 2 heterocycles. The molecule has 0 bridgehead atoms. The molecule has 0 amide bonds. The van der Waals surface area contributed by atoms with Gasteiger partial charge >= 0.3 is 0 Å². The number of rotatable bonds is 5. The van der Waals surface area contributed by atoms with Gasteiger partial charge in [0.25, 0.3) is 0 Å². The third-order valence-electron chi connectivity index (χ3n) is 2.37. The number of fused-ring (bicyclic) bond motifs is 1. The van der Waals surface area contributed by atoms with E-state index < -0.39 is 0 Å². The Morgan fingerprint density at radius 1 is 1.31 bits per heavy atom. The lowest BCUT2D eigenvalue weighted by Gasteiger charge is -2.06. The Balaban J connectivity index is 2.11. The molecule has 6 nitrogen and oxygen atoms in total. The van der Waals surface area contributed by atoms with Crippen molar-refractivity contribution in [3.63, 3.8) is 0 Å². The largest absolute Gasteiger partial charge is 0.368 e. The number of aryl methyl sites for hydroxylation is 1. The molecular formula is C10H16N6. The van der Waals surface area contributed by atoms with Gasteiger partial charge in [0, 0.05) is 20.1 Å². The average molecular weight is 220 g/mol. The number of likely N-dealkylation sites (N-methyl/N-ethyl adjacent to an activating group) is 1. The zero-order valence-electron chi connectivity index (χ0n) is 9.56. The van der Waals surface area contributed by atoms with Gasteiger partial charge in [-0.1, -0.05) is 6.92 Å². The van der Waals surface area contributed by atoms with Crippen molar-refractivity contribution in [2.45, 2.75) is 6.92 Å². The van der Waals surface area contributed by atoms with Crippen LogP contribution in [-0.2, 0) is 7.05 Å². The van der Waals surface area contributed by atoms with E-state index >= 15 is 0 Å². The highest BCUT2D eigenvalue weighted by atomic mass is 15.3. The monoisotopic (exact) mass is 220 g/mol. The summed E-state index contributed by atoms with van der Waals surface area (Å²) in [5, 5.41) is 11.6. The van der Waals surface area contributed by atoms with Crippen LogP contribution >= 0.6 is 0 Å². The molecule has 0 radical (unpaired) electrons. The summed E-state index contributed by atoms with van der Waals surface area (Å²) in [6, 6.07) is 0. The highest BCUT2D eigenvalue weighted by Gasteiger charge is 2.06. The molecule has 0 aliphatic heterocycles. The lowest BCUT2D eigenvalue weighted by molar-refractivity contribution is 0.738. The second-order valence-electron chi connectivity index (χ2n) is 3.51. The Morgan fingerprint density at radius 2 is 2.19 bits per heavy atom. The Morgan fingerprint density at radius 3 is 3.00 bits per heavy atom. The summed E-state index contributed by atoms with van der Waals surface area (Å²) < 4.78 is 1.74. The van der Waals surface area contributed by atoms with Gasteiger partial charge in [0.05, 0.1) is 11.6 Å². The van der Waals surface area contributed by atoms with Crippen molar-refractivity contribution in [1.29, 1.82) is 0 Å². The van der Waals surface area contributed by atoms with Crippen LogP contribution in [0, 0.1) is 0 Å². The number of anilines is 1. The van der Waals surface area contributed by atoms with Crippen LogP contribution in [0.2, 0.25) is 0 Å². The van der Waals surface area contributed by atoms with Crippen LogP contribution in [0.4, 0.5) is 5.82 Å². The average Bonchev–Trinajstić information content (AvgIpc) is 2.68. The van der Waals surface area contributed by atoms with Gasteiger partial charge in [-0.2, -0.15) is 5.10 Å². The maximum absolute atomic E-state index is 4.21. The molecule has 16 heavy (non-hydrogen) atoms. The SMILES string of the molecule is CCNCCNc1ncnc2c1cnn2C. The van der Waals surface area contributed by atoms with Crippen LogP contribution in [0.15, 0.2) is 12.5 Å². The van der Waals surface area contributed by atoms with E-state index in [1.165, 1.54) is 0 Å². The smallest absolute Gasteiger partial charge is 0.163 e. The molecule has 0 saturated carbocycles. The van der Waals surface area contributed by atoms with Crippen molar-refractivity contribution in [2.75, 3.05) is 25.0 Å². The van der Waals surface area contributed by atoms with E-state index in [1.807, 2.05) is 7.05 Å². The first-order chi connectivity index (χ1) is 7.83. The Bertz CT molecular complexity index is 463. The van der Waals surface area contributed by atoms with Gasteiger partial charge < -0.3 is 10.6 Å². The molecule has 0 aromatic carbocycles. The summed E-state index contributed by atoms with van der Waals surface area (Å²) in [7, 11) is 1.87. The van der Waals surface area contributed by atoms with Crippen molar-refractivity contribution < 1.29 is 0 Å². The fourth-order valence-electron chi connectivity index (χ4n) is 1.55. The van der Waals surface area contributed by atoms with Crippen molar-refractivity contribution in [1.82, 2.24) is 25.1 Å². The standard InChI is InChI=1S/C10H16N6/c1-3-11-4-5-12-9-8-6-15-16(2)10(8)14-7-13-9/h6-7,11H,3-5H2,1-2H3,(H,12,13,14). The van der Waals surface area contributed by atoms with Crippen LogP contribution in [0.1, 0.15) is 6.92 Å². The molecule has 0 saturated heterocycles. The summed E-state index contributed by atoms with van der Waals surface area (Å²) >= 11 is 0. The maximum atomic E-state index is 4.21.